The van der Waals surface area contributed by atoms with Crippen LogP contribution in [0.3, 0.4) is 0 Å². The second kappa shape index (κ2) is 8.26. The molecule has 0 unspecified atom stereocenters. The summed E-state index contributed by atoms with van der Waals surface area (Å²) in [5.41, 5.74) is -0.0445. The Kier molecular flexibility index (Phi) is 6.01. The van der Waals surface area contributed by atoms with Crippen LogP contribution in [0.5, 0.6) is 11.5 Å². The second-order valence-electron chi connectivity index (χ2n) is 5.70. The predicted molar refractivity (Wildman–Crippen MR) is 99.0 cm³/mol. The molecule has 0 spiro atoms. The van der Waals surface area contributed by atoms with E-state index in [2.05, 4.69) is 0 Å². The van der Waals surface area contributed by atoms with Crippen LogP contribution < -0.4 is 9.47 Å². The minimum atomic E-state index is -3.76. The molecule has 1 aliphatic heterocycles. The van der Waals surface area contributed by atoms with Crippen molar-refractivity contribution >= 4 is 27.6 Å². The molecule has 9 heteroatoms. The molecule has 3 rings (SSSR count). The van der Waals surface area contributed by atoms with E-state index in [1.165, 1.54) is 29.6 Å². The van der Waals surface area contributed by atoms with Crippen LogP contribution in [0.1, 0.15) is 10.4 Å². The van der Waals surface area contributed by atoms with Crippen molar-refractivity contribution in [2.75, 3.05) is 33.4 Å². The molecular weight excluding hydrogens is 394 g/mol. The Morgan fingerprint density at radius 2 is 1.78 bits per heavy atom. The molecule has 144 valence electrons. The lowest BCUT2D eigenvalue weighted by Crippen LogP contribution is -2.40. The average Bonchev–Trinajstić information content (AvgIpc) is 2.69. The lowest BCUT2D eigenvalue weighted by molar-refractivity contribution is 0.0725. The molecule has 1 aliphatic rings. The molecule has 1 saturated heterocycles. The molecule has 0 N–H and O–H groups in total. The van der Waals surface area contributed by atoms with Crippen molar-refractivity contribution in [2.24, 2.45) is 0 Å². The Labute approximate surface area is 162 Å². The number of ether oxygens (including phenoxy) is 3. The van der Waals surface area contributed by atoms with Crippen molar-refractivity contribution in [3.63, 3.8) is 0 Å². The maximum atomic E-state index is 12.8. The Morgan fingerprint density at radius 3 is 2.44 bits per heavy atom. The first kappa shape index (κ1) is 19.6. The molecular formula is C18H18ClNO6S. The number of morpholine rings is 1. The minimum Gasteiger partial charge on any atom is -0.493 e. The maximum absolute atomic E-state index is 12.8. The number of nitrogens with zero attached hydrogens (tertiary/aromatic N) is 1. The van der Waals surface area contributed by atoms with Crippen LogP contribution in [-0.4, -0.2) is 52.1 Å². The SMILES string of the molecule is COc1ccccc1OC(=O)c1cc(S(=O)(=O)N2CCOCC2)ccc1Cl. The Bertz CT molecular complexity index is 941. The van der Waals surface area contributed by atoms with E-state index in [1.807, 2.05) is 0 Å². The van der Waals surface area contributed by atoms with Crippen LogP contribution in [0.2, 0.25) is 5.02 Å². The smallest absolute Gasteiger partial charge is 0.345 e. The molecule has 2 aromatic carbocycles. The molecule has 1 heterocycles. The number of carbonyl (C=O) groups excluding carboxylic acids is 1. The van der Waals surface area contributed by atoms with Crippen molar-refractivity contribution < 1.29 is 27.4 Å². The van der Waals surface area contributed by atoms with E-state index in [4.69, 9.17) is 25.8 Å². The maximum Gasteiger partial charge on any atom is 0.345 e. The third kappa shape index (κ3) is 4.24. The lowest BCUT2D eigenvalue weighted by Gasteiger charge is -2.26. The van der Waals surface area contributed by atoms with E-state index in [0.717, 1.165) is 0 Å². The monoisotopic (exact) mass is 411 g/mol. The van der Waals surface area contributed by atoms with Gasteiger partial charge >= 0.3 is 5.97 Å². The van der Waals surface area contributed by atoms with E-state index in [9.17, 15) is 13.2 Å². The molecule has 0 radical (unpaired) electrons. The molecule has 0 bridgehead atoms. The first-order valence-electron chi connectivity index (χ1n) is 8.16. The fraction of sp³-hybridized carbons (Fsp3) is 0.278. The molecule has 2 aromatic rings. The summed E-state index contributed by atoms with van der Waals surface area (Å²) >= 11 is 6.11. The molecule has 0 saturated carbocycles. The average molecular weight is 412 g/mol. The third-order valence-corrected chi connectivity index (χ3v) is 6.26. The van der Waals surface area contributed by atoms with Crippen molar-refractivity contribution in [2.45, 2.75) is 4.90 Å². The van der Waals surface area contributed by atoms with Crippen LogP contribution in [0.25, 0.3) is 0 Å². The van der Waals surface area contributed by atoms with Gasteiger partial charge < -0.3 is 14.2 Å². The van der Waals surface area contributed by atoms with E-state index < -0.39 is 16.0 Å². The minimum absolute atomic E-state index is 0.0271. The summed E-state index contributed by atoms with van der Waals surface area (Å²) in [5, 5.41) is 0.0934. The second-order valence-corrected chi connectivity index (χ2v) is 8.04. The van der Waals surface area contributed by atoms with Gasteiger partial charge in [-0.05, 0) is 30.3 Å². The first-order valence-corrected chi connectivity index (χ1v) is 9.98. The van der Waals surface area contributed by atoms with E-state index >= 15 is 0 Å². The standard InChI is InChI=1S/C18H18ClNO6S/c1-24-16-4-2-3-5-17(16)26-18(21)14-12-13(6-7-15(14)19)27(22,23)20-8-10-25-11-9-20/h2-7,12H,8-11H2,1H3. The normalized spacial score (nSPS) is 15.3. The van der Waals surface area contributed by atoms with Crippen molar-refractivity contribution in [1.29, 1.82) is 0 Å². The molecule has 7 nitrogen and oxygen atoms in total. The zero-order chi connectivity index (χ0) is 19.4. The number of hydrogen-bond donors (Lipinski definition) is 0. The summed E-state index contributed by atoms with van der Waals surface area (Å²) in [6, 6.07) is 10.6. The van der Waals surface area contributed by atoms with Gasteiger partial charge in [0.2, 0.25) is 10.0 Å². The highest BCUT2D eigenvalue weighted by Gasteiger charge is 2.28. The Balaban J connectivity index is 1.90. The van der Waals surface area contributed by atoms with Gasteiger partial charge in [-0.15, -0.1) is 0 Å². The molecule has 0 amide bonds. The highest BCUT2D eigenvalue weighted by molar-refractivity contribution is 7.89. The zero-order valence-electron chi connectivity index (χ0n) is 14.6. The van der Waals surface area contributed by atoms with Crippen molar-refractivity contribution in [3.05, 3.63) is 53.1 Å². The van der Waals surface area contributed by atoms with Gasteiger partial charge in [0.1, 0.15) is 0 Å². The summed E-state index contributed by atoms with van der Waals surface area (Å²) in [6.45, 7) is 1.17. The molecule has 27 heavy (non-hydrogen) atoms. The lowest BCUT2D eigenvalue weighted by atomic mass is 10.2. The predicted octanol–water partition coefficient (Wildman–Crippen LogP) is 2.59. The largest absolute Gasteiger partial charge is 0.493 e. The van der Waals surface area contributed by atoms with Crippen LogP contribution in [0.15, 0.2) is 47.4 Å². The summed E-state index contributed by atoms with van der Waals surface area (Å²) in [7, 11) is -2.30. The topological polar surface area (TPSA) is 82.1 Å². The quantitative estimate of drug-likeness (QED) is 0.555. The Morgan fingerprint density at radius 1 is 1.11 bits per heavy atom. The fourth-order valence-corrected chi connectivity index (χ4v) is 4.24. The fourth-order valence-electron chi connectivity index (χ4n) is 2.62. The number of rotatable bonds is 5. The number of benzene rings is 2. The van der Waals surface area contributed by atoms with Gasteiger partial charge in [0.05, 0.1) is 35.8 Å². The number of carbonyl (C=O) groups is 1. The number of halogens is 1. The van der Waals surface area contributed by atoms with Gasteiger partial charge in [-0.25, -0.2) is 13.2 Å². The zero-order valence-corrected chi connectivity index (χ0v) is 16.1. The highest BCUT2D eigenvalue weighted by Crippen LogP contribution is 2.29. The van der Waals surface area contributed by atoms with E-state index in [0.29, 0.717) is 19.0 Å². The summed E-state index contributed by atoms with van der Waals surface area (Å²) in [5.74, 6) is -0.190. The summed E-state index contributed by atoms with van der Waals surface area (Å²) in [4.78, 5) is 12.5. The number of para-hydroxylation sites is 2. The third-order valence-electron chi connectivity index (χ3n) is 4.04. The first-order chi connectivity index (χ1) is 12.9. The van der Waals surface area contributed by atoms with Gasteiger partial charge in [0.15, 0.2) is 11.5 Å². The molecule has 0 atom stereocenters. The van der Waals surface area contributed by atoms with Crippen LogP contribution in [0, 0.1) is 0 Å². The van der Waals surface area contributed by atoms with Gasteiger partial charge in [0.25, 0.3) is 0 Å². The molecule has 1 fully saturated rings. The van der Waals surface area contributed by atoms with Gasteiger partial charge in [-0.2, -0.15) is 4.31 Å². The van der Waals surface area contributed by atoms with Gasteiger partial charge in [0, 0.05) is 13.1 Å². The Hall–Kier alpha value is -2.13. The molecule has 0 aromatic heterocycles. The number of sulfonamides is 1. The van der Waals surface area contributed by atoms with E-state index in [1.54, 1.807) is 24.3 Å². The highest BCUT2D eigenvalue weighted by atomic mass is 35.5. The van der Waals surface area contributed by atoms with Gasteiger partial charge in [-0.1, -0.05) is 23.7 Å². The van der Waals surface area contributed by atoms with Crippen molar-refractivity contribution in [1.82, 2.24) is 4.31 Å². The number of methoxy groups -OCH3 is 1. The molecule has 0 aliphatic carbocycles. The van der Waals surface area contributed by atoms with Crippen LogP contribution in [-0.2, 0) is 14.8 Å². The van der Waals surface area contributed by atoms with E-state index in [-0.39, 0.29) is 34.3 Å². The van der Waals surface area contributed by atoms with Crippen LogP contribution in [0.4, 0.5) is 0 Å². The van der Waals surface area contributed by atoms with Crippen molar-refractivity contribution in [3.8, 4) is 11.5 Å². The number of esters is 1. The number of hydrogen-bond acceptors (Lipinski definition) is 6. The summed E-state index contributed by atoms with van der Waals surface area (Å²) < 4.78 is 42.6. The summed E-state index contributed by atoms with van der Waals surface area (Å²) in [6.07, 6.45) is 0. The van der Waals surface area contributed by atoms with Gasteiger partial charge in [-0.3, -0.25) is 0 Å². The van der Waals surface area contributed by atoms with Crippen LogP contribution >= 0.6 is 11.6 Å².